The smallest absolute Gasteiger partial charge is 0.253 e. The van der Waals surface area contributed by atoms with Crippen molar-refractivity contribution in [2.24, 2.45) is 0 Å². The maximum absolute atomic E-state index is 12.9. The lowest BCUT2D eigenvalue weighted by Gasteiger charge is -2.17. The van der Waals surface area contributed by atoms with Gasteiger partial charge in [-0.05, 0) is 41.5 Å². The first-order chi connectivity index (χ1) is 16.0. The SMILES string of the molecule is CN(Cc1ccccc1)C(=O)c1cccc(-n2cc(CC(=O)Nc3ccccc3Cl)cn2)c1. The van der Waals surface area contributed by atoms with Crippen LogP contribution < -0.4 is 5.32 Å². The molecule has 2 amide bonds. The van der Waals surface area contributed by atoms with Crippen molar-refractivity contribution in [2.75, 3.05) is 12.4 Å². The Labute approximate surface area is 197 Å². The van der Waals surface area contributed by atoms with Gasteiger partial charge in [-0.25, -0.2) is 4.68 Å². The maximum Gasteiger partial charge on any atom is 0.253 e. The standard InChI is InChI=1S/C26H23ClN4O2/c1-30(17-19-8-3-2-4-9-19)26(33)21-10-7-11-22(15-21)31-18-20(16-28-31)14-25(32)29-24-13-6-5-12-23(24)27/h2-13,15-16,18H,14,17H2,1H3,(H,29,32). The zero-order chi connectivity index (χ0) is 23.2. The largest absolute Gasteiger partial charge is 0.337 e. The van der Waals surface area contributed by atoms with Gasteiger partial charge in [0, 0.05) is 25.4 Å². The number of hydrogen-bond acceptors (Lipinski definition) is 3. The Balaban J connectivity index is 1.43. The van der Waals surface area contributed by atoms with Gasteiger partial charge in [0.25, 0.3) is 5.91 Å². The average molecular weight is 459 g/mol. The van der Waals surface area contributed by atoms with Gasteiger partial charge < -0.3 is 10.2 Å². The second-order valence-corrected chi connectivity index (χ2v) is 8.10. The number of carbonyl (C=O) groups excluding carboxylic acids is 2. The van der Waals surface area contributed by atoms with Crippen LogP contribution in [0.15, 0.2) is 91.3 Å². The highest BCUT2D eigenvalue weighted by molar-refractivity contribution is 6.33. The molecule has 166 valence electrons. The highest BCUT2D eigenvalue weighted by atomic mass is 35.5. The molecule has 1 aromatic heterocycles. The molecule has 0 aliphatic carbocycles. The number of carbonyl (C=O) groups is 2. The minimum absolute atomic E-state index is 0.0767. The third-order valence-corrected chi connectivity index (χ3v) is 5.45. The van der Waals surface area contributed by atoms with Gasteiger partial charge in [0.2, 0.25) is 5.91 Å². The van der Waals surface area contributed by atoms with E-state index in [-0.39, 0.29) is 18.2 Å². The number of rotatable bonds is 7. The number of aromatic nitrogens is 2. The van der Waals surface area contributed by atoms with E-state index in [9.17, 15) is 9.59 Å². The fraction of sp³-hybridized carbons (Fsp3) is 0.115. The van der Waals surface area contributed by atoms with E-state index in [2.05, 4.69) is 10.4 Å². The summed E-state index contributed by atoms with van der Waals surface area (Å²) in [4.78, 5) is 27.0. The minimum atomic E-state index is -0.186. The molecule has 7 heteroatoms. The van der Waals surface area contributed by atoms with Crippen molar-refractivity contribution >= 4 is 29.1 Å². The van der Waals surface area contributed by atoms with E-state index < -0.39 is 0 Å². The molecule has 33 heavy (non-hydrogen) atoms. The highest BCUT2D eigenvalue weighted by Gasteiger charge is 2.14. The summed E-state index contributed by atoms with van der Waals surface area (Å²) >= 11 is 6.10. The van der Waals surface area contributed by atoms with E-state index in [1.807, 2.05) is 48.5 Å². The maximum atomic E-state index is 12.9. The van der Waals surface area contributed by atoms with E-state index in [1.54, 1.807) is 59.4 Å². The molecule has 3 aromatic carbocycles. The summed E-state index contributed by atoms with van der Waals surface area (Å²) in [6.45, 7) is 0.524. The Bertz CT molecular complexity index is 1270. The number of nitrogens with zero attached hydrogens (tertiary/aromatic N) is 3. The first-order valence-corrected chi connectivity index (χ1v) is 10.8. The molecule has 4 aromatic rings. The molecule has 0 saturated heterocycles. The Morgan fingerprint density at radius 3 is 2.52 bits per heavy atom. The second-order valence-electron chi connectivity index (χ2n) is 7.70. The third-order valence-electron chi connectivity index (χ3n) is 5.12. The molecule has 0 unspecified atom stereocenters. The molecular weight excluding hydrogens is 436 g/mol. The van der Waals surface area contributed by atoms with Crippen LogP contribution in [-0.4, -0.2) is 33.5 Å². The summed E-state index contributed by atoms with van der Waals surface area (Å²) < 4.78 is 1.66. The van der Waals surface area contributed by atoms with Crippen molar-refractivity contribution in [3.8, 4) is 5.69 Å². The summed E-state index contributed by atoms with van der Waals surface area (Å²) in [5.74, 6) is -0.263. The van der Waals surface area contributed by atoms with Gasteiger partial charge in [0.1, 0.15) is 0 Å². The molecule has 0 fully saturated rings. The van der Waals surface area contributed by atoms with E-state index in [1.165, 1.54) is 0 Å². The summed E-state index contributed by atoms with van der Waals surface area (Å²) in [7, 11) is 1.78. The van der Waals surface area contributed by atoms with Gasteiger partial charge in [-0.1, -0.05) is 60.1 Å². The molecule has 0 bridgehead atoms. The third kappa shape index (κ3) is 5.67. The molecule has 0 spiro atoms. The molecule has 4 rings (SSSR count). The lowest BCUT2D eigenvalue weighted by Crippen LogP contribution is -2.26. The van der Waals surface area contributed by atoms with Crippen LogP contribution in [0.25, 0.3) is 5.69 Å². The van der Waals surface area contributed by atoms with E-state index >= 15 is 0 Å². The van der Waals surface area contributed by atoms with Crippen molar-refractivity contribution in [2.45, 2.75) is 13.0 Å². The molecule has 6 nitrogen and oxygen atoms in total. The number of hydrogen-bond donors (Lipinski definition) is 1. The van der Waals surface area contributed by atoms with E-state index in [0.29, 0.717) is 22.8 Å². The number of halogens is 1. The lowest BCUT2D eigenvalue weighted by molar-refractivity contribution is -0.115. The molecular formula is C26H23ClN4O2. The Kier molecular flexibility index (Phi) is 6.86. The topological polar surface area (TPSA) is 67.2 Å². The summed E-state index contributed by atoms with van der Waals surface area (Å²) in [5, 5.41) is 7.66. The zero-order valence-corrected chi connectivity index (χ0v) is 18.9. The van der Waals surface area contributed by atoms with Crippen LogP contribution >= 0.6 is 11.6 Å². The van der Waals surface area contributed by atoms with Crippen LogP contribution in [0.3, 0.4) is 0 Å². The van der Waals surface area contributed by atoms with Crippen molar-refractivity contribution < 1.29 is 9.59 Å². The van der Waals surface area contributed by atoms with Crippen LogP contribution in [-0.2, 0) is 17.8 Å². The first-order valence-electron chi connectivity index (χ1n) is 10.5. The second kappa shape index (κ2) is 10.1. The predicted octanol–water partition coefficient (Wildman–Crippen LogP) is 4.98. The molecule has 0 atom stereocenters. The fourth-order valence-electron chi connectivity index (χ4n) is 3.47. The van der Waals surface area contributed by atoms with E-state index in [4.69, 9.17) is 11.6 Å². The van der Waals surface area contributed by atoms with Gasteiger partial charge in [-0.15, -0.1) is 0 Å². The van der Waals surface area contributed by atoms with E-state index in [0.717, 1.165) is 16.8 Å². The number of para-hydroxylation sites is 1. The van der Waals surface area contributed by atoms with Gasteiger partial charge in [-0.3, -0.25) is 9.59 Å². The van der Waals surface area contributed by atoms with Gasteiger partial charge in [-0.2, -0.15) is 5.10 Å². The first kappa shape index (κ1) is 22.3. The normalized spacial score (nSPS) is 10.6. The monoisotopic (exact) mass is 458 g/mol. The lowest BCUT2D eigenvalue weighted by atomic mass is 10.1. The van der Waals surface area contributed by atoms with Gasteiger partial charge >= 0.3 is 0 Å². The Hall–Kier alpha value is -3.90. The Morgan fingerprint density at radius 1 is 0.970 bits per heavy atom. The van der Waals surface area contributed by atoms with Crippen molar-refractivity contribution in [1.29, 1.82) is 0 Å². The van der Waals surface area contributed by atoms with Crippen LogP contribution in [0.4, 0.5) is 5.69 Å². The number of anilines is 1. The van der Waals surface area contributed by atoms with Crippen molar-refractivity contribution in [1.82, 2.24) is 14.7 Å². The molecule has 0 aliphatic heterocycles. The molecule has 1 N–H and O–H groups in total. The van der Waals surface area contributed by atoms with Crippen molar-refractivity contribution in [3.63, 3.8) is 0 Å². The summed E-state index contributed by atoms with van der Waals surface area (Å²) in [6.07, 6.45) is 3.58. The molecule has 0 radical (unpaired) electrons. The van der Waals surface area contributed by atoms with Crippen molar-refractivity contribution in [3.05, 3.63) is 113 Å². The quantitative estimate of drug-likeness (QED) is 0.424. The fourth-order valence-corrected chi connectivity index (χ4v) is 3.65. The number of benzene rings is 3. The van der Waals surface area contributed by atoms with Crippen LogP contribution in [0.1, 0.15) is 21.5 Å². The molecule has 1 heterocycles. The van der Waals surface area contributed by atoms with Gasteiger partial charge in [0.05, 0.1) is 29.0 Å². The van der Waals surface area contributed by atoms with Crippen LogP contribution in [0.5, 0.6) is 0 Å². The average Bonchev–Trinajstić information content (AvgIpc) is 3.29. The van der Waals surface area contributed by atoms with Crippen LogP contribution in [0, 0.1) is 0 Å². The summed E-state index contributed by atoms with van der Waals surface area (Å²) in [6, 6.07) is 24.2. The zero-order valence-electron chi connectivity index (χ0n) is 18.1. The molecule has 0 aliphatic rings. The number of amides is 2. The Morgan fingerprint density at radius 2 is 1.73 bits per heavy atom. The predicted molar refractivity (Wildman–Crippen MR) is 130 cm³/mol. The summed E-state index contributed by atoms with van der Waals surface area (Å²) in [5.41, 5.74) is 3.70. The number of nitrogens with one attached hydrogen (secondary N) is 1. The van der Waals surface area contributed by atoms with Crippen LogP contribution in [0.2, 0.25) is 5.02 Å². The highest BCUT2D eigenvalue weighted by Crippen LogP contribution is 2.21. The van der Waals surface area contributed by atoms with Gasteiger partial charge in [0.15, 0.2) is 0 Å². The molecule has 0 saturated carbocycles. The minimum Gasteiger partial charge on any atom is -0.337 e.